The van der Waals surface area contributed by atoms with Crippen LogP contribution in [-0.4, -0.2) is 6.21 Å². The van der Waals surface area contributed by atoms with Gasteiger partial charge in [-0.3, -0.25) is 0 Å². The van der Waals surface area contributed by atoms with Crippen LogP contribution < -0.4 is 0 Å². The Labute approximate surface area is 30.2 Å². The van der Waals surface area contributed by atoms with Crippen LogP contribution in [0.4, 0.5) is 0 Å². The number of hydrogen-bond acceptors (Lipinski definition) is 2. The summed E-state index contributed by atoms with van der Waals surface area (Å²) in [5.74, 6) is 0. The molecule has 0 unspecified atom stereocenters. The van der Waals surface area contributed by atoms with Gasteiger partial charge >= 0.3 is 0 Å². The van der Waals surface area contributed by atoms with Crippen LogP contribution in [0.1, 0.15) is 6.92 Å². The van der Waals surface area contributed by atoms with Crippen molar-refractivity contribution in [1.82, 2.24) is 0 Å². The van der Waals surface area contributed by atoms with E-state index in [4.69, 9.17) is 5.53 Å². The first-order valence-corrected chi connectivity index (χ1v) is 1.26. The summed E-state index contributed by atoms with van der Waals surface area (Å²) in [7, 11) is 0. The van der Waals surface area contributed by atoms with Crippen LogP contribution in [0, 0.1) is 5.53 Å². The summed E-state index contributed by atoms with van der Waals surface area (Å²) in [5, 5.41) is 5.81. The fourth-order valence-electron chi connectivity index (χ4n) is 0.0577. The van der Waals surface area contributed by atoms with E-state index < -0.39 is 0 Å². The molecule has 0 saturated carbocycles. The van der Waals surface area contributed by atoms with E-state index in [0.717, 1.165) is 0 Å². The fraction of sp³-hybridized carbons (Fsp3) is 0.500. The Bertz CT molecular complexity index is 46.9. The van der Waals surface area contributed by atoms with Crippen molar-refractivity contribution < 1.29 is 0 Å². The zero-order chi connectivity index (χ0) is 4.12. The molecule has 0 bridgehead atoms. The highest BCUT2D eigenvalue weighted by Crippen LogP contribution is 1.57. The Kier molecular flexibility index (Phi) is 2.79. The number of nitrogens with zero attached hydrogens (tertiary/aromatic N) is 2. The Hall–Kier alpha value is -0.730. The first-order chi connectivity index (χ1) is 2.41. The SMILES string of the molecule is CC=NN=N. The molecule has 0 amide bonds. The molecule has 5 heavy (non-hydrogen) atoms. The average molecular weight is 71.1 g/mol. The second-order valence-electron chi connectivity index (χ2n) is 0.474. The third-order valence-electron chi connectivity index (χ3n) is 0.173. The molecule has 0 spiro atoms. The lowest BCUT2D eigenvalue weighted by atomic mass is 10.9. The fourth-order valence-corrected chi connectivity index (χ4v) is 0.0577. The second kappa shape index (κ2) is 3.27. The van der Waals surface area contributed by atoms with Gasteiger partial charge in [-0.25, -0.2) is 0 Å². The van der Waals surface area contributed by atoms with Gasteiger partial charge in [-0.05, 0) is 6.92 Å². The van der Waals surface area contributed by atoms with Gasteiger partial charge in [-0.1, -0.05) is 5.22 Å². The molecule has 0 aliphatic heterocycles. The van der Waals surface area contributed by atoms with Crippen molar-refractivity contribution >= 4 is 6.21 Å². The van der Waals surface area contributed by atoms with Gasteiger partial charge in [0.2, 0.25) is 0 Å². The van der Waals surface area contributed by atoms with Gasteiger partial charge in [0.25, 0.3) is 0 Å². The molecule has 0 aliphatic carbocycles. The zero-order valence-corrected chi connectivity index (χ0v) is 2.97. The summed E-state index contributed by atoms with van der Waals surface area (Å²) in [5.41, 5.74) is 6.03. The van der Waals surface area contributed by atoms with Crippen LogP contribution in [-0.2, 0) is 0 Å². The molecule has 0 aromatic heterocycles. The lowest BCUT2D eigenvalue weighted by Crippen LogP contribution is -1.46. The minimum atomic E-state index is 1.45. The molecule has 28 valence electrons. The molecule has 1 N–H and O–H groups in total. The highest BCUT2D eigenvalue weighted by molar-refractivity contribution is 5.52. The summed E-state index contributed by atoms with van der Waals surface area (Å²) >= 11 is 0. The molecule has 0 atom stereocenters. The molecule has 0 rings (SSSR count). The van der Waals surface area contributed by atoms with E-state index >= 15 is 0 Å². The van der Waals surface area contributed by atoms with Gasteiger partial charge in [0, 0.05) is 6.21 Å². The Morgan fingerprint density at radius 2 is 2.40 bits per heavy atom. The summed E-state index contributed by atoms with van der Waals surface area (Å²) in [4.78, 5) is 0. The summed E-state index contributed by atoms with van der Waals surface area (Å²) in [6.45, 7) is 1.71. The van der Waals surface area contributed by atoms with Gasteiger partial charge in [0.05, 0.1) is 0 Å². The van der Waals surface area contributed by atoms with Crippen LogP contribution in [0.5, 0.6) is 0 Å². The molecule has 0 fully saturated rings. The maximum atomic E-state index is 6.03. The molecule has 0 aromatic rings. The molecule has 0 aliphatic rings. The molecular weight excluding hydrogens is 66.0 g/mol. The molecule has 3 heteroatoms. The first-order valence-electron chi connectivity index (χ1n) is 1.26. The Morgan fingerprint density at radius 3 is 2.40 bits per heavy atom. The zero-order valence-electron chi connectivity index (χ0n) is 2.97. The third kappa shape index (κ3) is 3.27. The van der Waals surface area contributed by atoms with E-state index in [1.54, 1.807) is 6.92 Å². The number of hydrogen-bond donors (Lipinski definition) is 1. The first kappa shape index (κ1) is 4.27. The summed E-state index contributed by atoms with van der Waals surface area (Å²) < 4.78 is 0. The predicted octanol–water partition coefficient (Wildman–Crippen LogP) is 1.02. The van der Waals surface area contributed by atoms with E-state index in [1.807, 2.05) is 0 Å². The molecular formula is C2H5N3. The lowest BCUT2D eigenvalue weighted by Gasteiger charge is -1.56. The van der Waals surface area contributed by atoms with Crippen LogP contribution >= 0.6 is 0 Å². The van der Waals surface area contributed by atoms with Crippen molar-refractivity contribution in [2.24, 2.45) is 10.3 Å². The summed E-state index contributed by atoms with van der Waals surface area (Å²) in [6.07, 6.45) is 1.45. The second-order valence-corrected chi connectivity index (χ2v) is 0.474. The van der Waals surface area contributed by atoms with Crippen LogP contribution in [0.2, 0.25) is 0 Å². The lowest BCUT2D eigenvalue weighted by molar-refractivity contribution is 0.995. The largest absolute Gasteiger partial charge is 0.185 e. The standard InChI is InChI=1S/C2H5N3/c1-2-4-5-3/h2-3H,1H3. The van der Waals surface area contributed by atoms with Gasteiger partial charge in [-0.2, -0.15) is 5.53 Å². The predicted molar refractivity (Wildman–Crippen MR) is 19.3 cm³/mol. The van der Waals surface area contributed by atoms with Crippen molar-refractivity contribution in [2.45, 2.75) is 6.92 Å². The highest BCUT2D eigenvalue weighted by Gasteiger charge is 1.42. The van der Waals surface area contributed by atoms with E-state index in [1.165, 1.54) is 6.21 Å². The van der Waals surface area contributed by atoms with Crippen molar-refractivity contribution in [2.75, 3.05) is 0 Å². The quantitative estimate of drug-likeness (QED) is 0.272. The van der Waals surface area contributed by atoms with E-state index in [2.05, 4.69) is 10.3 Å². The Balaban J connectivity index is 2.92. The normalized spacial score (nSPS) is 9.00. The summed E-state index contributed by atoms with van der Waals surface area (Å²) in [6, 6.07) is 0. The molecule has 0 saturated heterocycles. The third-order valence-corrected chi connectivity index (χ3v) is 0.173. The van der Waals surface area contributed by atoms with Gasteiger partial charge in [0.15, 0.2) is 0 Å². The maximum absolute atomic E-state index is 6.03. The van der Waals surface area contributed by atoms with Crippen molar-refractivity contribution in [3.05, 3.63) is 0 Å². The molecule has 0 heterocycles. The van der Waals surface area contributed by atoms with Crippen molar-refractivity contribution in [1.29, 1.82) is 5.53 Å². The number of nitrogens with one attached hydrogen (secondary N) is 1. The van der Waals surface area contributed by atoms with Gasteiger partial charge in [0.1, 0.15) is 0 Å². The molecule has 0 radical (unpaired) electrons. The Morgan fingerprint density at radius 1 is 1.80 bits per heavy atom. The molecule has 3 nitrogen and oxygen atoms in total. The number of rotatable bonds is 1. The topological polar surface area (TPSA) is 48.6 Å². The highest BCUT2D eigenvalue weighted by atomic mass is 15.3. The monoisotopic (exact) mass is 71.0 g/mol. The van der Waals surface area contributed by atoms with Crippen molar-refractivity contribution in [3.8, 4) is 0 Å². The van der Waals surface area contributed by atoms with Crippen molar-refractivity contribution in [3.63, 3.8) is 0 Å². The van der Waals surface area contributed by atoms with Crippen LogP contribution in [0.3, 0.4) is 0 Å². The van der Waals surface area contributed by atoms with E-state index in [-0.39, 0.29) is 0 Å². The minimum absolute atomic E-state index is 1.45. The van der Waals surface area contributed by atoms with E-state index in [0.29, 0.717) is 0 Å². The van der Waals surface area contributed by atoms with Gasteiger partial charge < -0.3 is 0 Å². The molecule has 0 aromatic carbocycles. The van der Waals surface area contributed by atoms with Crippen LogP contribution in [0.25, 0.3) is 0 Å². The smallest absolute Gasteiger partial charge is 0.0257 e. The maximum Gasteiger partial charge on any atom is 0.0257 e. The van der Waals surface area contributed by atoms with Gasteiger partial charge in [-0.15, -0.1) is 5.10 Å². The van der Waals surface area contributed by atoms with E-state index in [9.17, 15) is 0 Å². The van der Waals surface area contributed by atoms with Crippen LogP contribution in [0.15, 0.2) is 10.3 Å². The average Bonchev–Trinajstić information content (AvgIpc) is 1.41. The minimum Gasteiger partial charge on any atom is -0.185 e.